The molecule has 0 saturated heterocycles. The molecule has 0 aromatic heterocycles. The number of allylic oxidation sites excluding steroid dienone is 2. The number of fused-ring (bicyclic) bond motifs is 5. The van der Waals surface area contributed by atoms with Crippen LogP contribution < -0.4 is 10.6 Å². The van der Waals surface area contributed by atoms with Crippen molar-refractivity contribution in [3.63, 3.8) is 0 Å². The molecule has 220 valence electrons. The Morgan fingerprint density at radius 2 is 1.80 bits per heavy atom. The summed E-state index contributed by atoms with van der Waals surface area (Å²) in [5, 5.41) is 29.5. The molecule has 0 aliphatic heterocycles. The number of hydrogen-bond acceptors (Lipinski definition) is 6. The van der Waals surface area contributed by atoms with Crippen LogP contribution in [0.3, 0.4) is 0 Å². The molecule has 8 atom stereocenters. The molecule has 0 aromatic rings. The maximum absolute atomic E-state index is 12.5. The van der Waals surface area contributed by atoms with E-state index in [0.717, 1.165) is 50.7 Å². The monoisotopic (exact) mass is 555 g/mol. The van der Waals surface area contributed by atoms with Crippen LogP contribution in [0.1, 0.15) is 86.0 Å². The second-order valence-electron chi connectivity index (χ2n) is 13.2. The molecule has 4 rings (SSSR count). The van der Waals surface area contributed by atoms with E-state index in [0.29, 0.717) is 24.2 Å². The van der Waals surface area contributed by atoms with Gasteiger partial charge in [0.05, 0.1) is 5.71 Å². The number of terminal acetylenes is 1. The molecule has 0 unspecified atom stereocenters. The van der Waals surface area contributed by atoms with E-state index in [9.17, 15) is 19.5 Å². The van der Waals surface area contributed by atoms with Crippen LogP contribution in [0.4, 0.5) is 0 Å². The molecule has 40 heavy (non-hydrogen) atoms. The van der Waals surface area contributed by atoms with Gasteiger partial charge in [0, 0.05) is 5.41 Å². The van der Waals surface area contributed by atoms with Gasteiger partial charge in [-0.15, -0.1) is 6.42 Å². The minimum atomic E-state index is -1.15. The molecule has 0 radical (unpaired) electrons. The summed E-state index contributed by atoms with van der Waals surface area (Å²) < 4.78 is 0. The lowest BCUT2D eigenvalue weighted by atomic mass is 9.46. The molecule has 3 fully saturated rings. The standard InChI is InChI=1S/C31H45N3O6/c1-7-31(39)15-12-24-22-9-8-20-16-21(10-13-29(20,5)23(22)11-14-30(24,31)6)34-40-17-25(35)33-26(18(2)3)27(36)32-19(4)28(37)38/h1,16,18-19,22-24,26,39H,8-15,17H2,2-6H3,(H,32,36)(H,33,35)(H,37,38)/b34-21+/t19-,22-,23-,24-,26+,29+,30+,31-/m1/s1. The van der Waals surface area contributed by atoms with E-state index in [-0.39, 0.29) is 23.4 Å². The van der Waals surface area contributed by atoms with Crippen molar-refractivity contribution in [2.24, 2.45) is 39.7 Å². The third-order valence-electron chi connectivity index (χ3n) is 10.7. The van der Waals surface area contributed by atoms with Gasteiger partial charge in [-0.05, 0) is 93.5 Å². The molecule has 0 bridgehead atoms. The topological polar surface area (TPSA) is 137 Å². The average Bonchev–Trinajstić information content (AvgIpc) is 3.18. The largest absolute Gasteiger partial charge is 0.480 e. The molecule has 4 N–H and O–H groups in total. The first-order chi connectivity index (χ1) is 18.8. The molecule has 2 amide bonds. The highest BCUT2D eigenvalue weighted by Gasteiger charge is 2.63. The summed E-state index contributed by atoms with van der Waals surface area (Å²) in [7, 11) is 0. The summed E-state index contributed by atoms with van der Waals surface area (Å²) in [5.41, 5.74) is 1.09. The quantitative estimate of drug-likeness (QED) is 0.268. The Bertz CT molecular complexity index is 1140. The van der Waals surface area contributed by atoms with Crippen molar-refractivity contribution >= 4 is 23.5 Å². The summed E-state index contributed by atoms with van der Waals surface area (Å²) in [6.45, 7) is 9.16. The van der Waals surface area contributed by atoms with Crippen molar-refractivity contribution in [2.75, 3.05) is 6.61 Å². The van der Waals surface area contributed by atoms with Gasteiger partial charge in [-0.2, -0.15) is 0 Å². The summed E-state index contributed by atoms with van der Waals surface area (Å²) in [6.07, 6.45) is 15.5. The predicted molar refractivity (Wildman–Crippen MR) is 151 cm³/mol. The van der Waals surface area contributed by atoms with Crippen LogP contribution in [0, 0.1) is 46.8 Å². The lowest BCUT2D eigenvalue weighted by Gasteiger charge is -2.58. The minimum absolute atomic E-state index is 0.0857. The average molecular weight is 556 g/mol. The van der Waals surface area contributed by atoms with Crippen molar-refractivity contribution in [2.45, 2.75) is 104 Å². The lowest BCUT2D eigenvalue weighted by molar-refractivity contribution is -0.142. The number of oxime groups is 1. The number of carboxylic acid groups (broad SMARTS) is 1. The van der Waals surface area contributed by atoms with Crippen LogP contribution in [0.2, 0.25) is 0 Å². The van der Waals surface area contributed by atoms with E-state index < -0.39 is 35.5 Å². The van der Waals surface area contributed by atoms with Gasteiger partial charge in [-0.1, -0.05) is 44.3 Å². The summed E-state index contributed by atoms with van der Waals surface area (Å²) >= 11 is 0. The minimum Gasteiger partial charge on any atom is -0.480 e. The van der Waals surface area contributed by atoms with E-state index in [2.05, 4.69) is 41.6 Å². The fourth-order valence-corrected chi connectivity index (χ4v) is 8.18. The van der Waals surface area contributed by atoms with E-state index in [1.807, 2.05) is 0 Å². The maximum atomic E-state index is 12.5. The Labute approximate surface area is 237 Å². The number of nitrogens with one attached hydrogen (secondary N) is 2. The Balaban J connectivity index is 1.36. The van der Waals surface area contributed by atoms with Crippen LogP contribution in [-0.4, -0.2) is 58.0 Å². The molecular formula is C31H45N3O6. The zero-order valence-electron chi connectivity index (χ0n) is 24.5. The lowest BCUT2D eigenvalue weighted by Crippen LogP contribution is -2.54. The molecule has 9 heteroatoms. The van der Waals surface area contributed by atoms with Crippen molar-refractivity contribution in [1.29, 1.82) is 0 Å². The molecule has 4 aliphatic rings. The normalized spacial score (nSPS) is 37.2. The second kappa shape index (κ2) is 11.2. The smallest absolute Gasteiger partial charge is 0.325 e. The SMILES string of the molecule is C#C[C@@]1(O)CC[C@@H]2[C@@H]3CCC4=C/C(=N/OCC(=O)N[C@H](C(=O)N[C@H](C)C(=O)O)C(C)C)CC[C@]4(C)[C@@H]3CC[C@@]21C. The second-order valence-corrected chi connectivity index (χ2v) is 13.2. The van der Waals surface area contributed by atoms with Crippen molar-refractivity contribution < 1.29 is 29.4 Å². The number of carbonyl (C=O) groups is 3. The highest BCUT2D eigenvalue weighted by molar-refractivity contribution is 5.96. The van der Waals surface area contributed by atoms with Gasteiger partial charge in [-0.25, -0.2) is 0 Å². The van der Waals surface area contributed by atoms with Crippen molar-refractivity contribution in [3.05, 3.63) is 11.6 Å². The van der Waals surface area contributed by atoms with Crippen LogP contribution in [0.5, 0.6) is 0 Å². The first kappa shape index (κ1) is 30.1. The Hall–Kier alpha value is -2.86. The highest BCUT2D eigenvalue weighted by atomic mass is 16.6. The number of carbonyl (C=O) groups excluding carboxylic acids is 2. The number of hydrogen-bond donors (Lipinski definition) is 4. The van der Waals surface area contributed by atoms with Gasteiger partial charge in [0.25, 0.3) is 5.91 Å². The molecular weight excluding hydrogens is 510 g/mol. The molecule has 0 aromatic carbocycles. The van der Waals surface area contributed by atoms with Gasteiger partial charge in [0.2, 0.25) is 5.91 Å². The fourth-order valence-electron chi connectivity index (χ4n) is 8.18. The Morgan fingerprint density at radius 1 is 1.10 bits per heavy atom. The Morgan fingerprint density at radius 3 is 2.45 bits per heavy atom. The van der Waals surface area contributed by atoms with Gasteiger partial charge in [-0.3, -0.25) is 14.4 Å². The van der Waals surface area contributed by atoms with E-state index in [1.165, 1.54) is 12.5 Å². The zero-order valence-corrected chi connectivity index (χ0v) is 24.5. The number of aliphatic hydroxyl groups is 1. The van der Waals surface area contributed by atoms with Crippen LogP contribution in [0.15, 0.2) is 16.8 Å². The number of amides is 2. The molecule has 3 saturated carbocycles. The van der Waals surface area contributed by atoms with Crippen molar-refractivity contribution in [3.8, 4) is 12.3 Å². The van der Waals surface area contributed by atoms with E-state index >= 15 is 0 Å². The Kier molecular flexibility index (Phi) is 8.43. The molecule has 4 aliphatic carbocycles. The number of carboxylic acids is 1. The predicted octanol–water partition coefficient (Wildman–Crippen LogP) is 3.42. The van der Waals surface area contributed by atoms with E-state index in [1.54, 1.807) is 13.8 Å². The van der Waals surface area contributed by atoms with E-state index in [4.69, 9.17) is 16.4 Å². The number of rotatable bonds is 8. The first-order valence-electron chi connectivity index (χ1n) is 14.7. The van der Waals surface area contributed by atoms with Gasteiger partial charge >= 0.3 is 5.97 Å². The van der Waals surface area contributed by atoms with Gasteiger partial charge in [0.1, 0.15) is 17.7 Å². The third kappa shape index (κ3) is 5.27. The number of aliphatic carboxylic acids is 1. The van der Waals surface area contributed by atoms with Crippen molar-refractivity contribution in [1.82, 2.24) is 10.6 Å². The van der Waals surface area contributed by atoms with Crippen LogP contribution in [0.25, 0.3) is 0 Å². The van der Waals surface area contributed by atoms with Crippen LogP contribution in [-0.2, 0) is 19.2 Å². The third-order valence-corrected chi connectivity index (χ3v) is 10.7. The van der Waals surface area contributed by atoms with Gasteiger partial charge in [0.15, 0.2) is 6.61 Å². The summed E-state index contributed by atoms with van der Waals surface area (Å²) in [6, 6.07) is -1.94. The molecule has 0 heterocycles. The summed E-state index contributed by atoms with van der Waals surface area (Å²) in [4.78, 5) is 41.4. The molecule has 9 nitrogen and oxygen atoms in total. The highest BCUT2D eigenvalue weighted by Crippen LogP contribution is 2.67. The molecule has 0 spiro atoms. The number of nitrogens with zero attached hydrogens (tertiary/aromatic N) is 1. The fraction of sp³-hybridized carbons (Fsp3) is 0.742. The maximum Gasteiger partial charge on any atom is 0.325 e. The first-order valence-corrected chi connectivity index (χ1v) is 14.7. The van der Waals surface area contributed by atoms with Crippen LogP contribution >= 0.6 is 0 Å². The summed E-state index contributed by atoms with van der Waals surface area (Å²) in [5.74, 6) is 1.88. The zero-order chi connectivity index (χ0) is 29.5. The van der Waals surface area contributed by atoms with Gasteiger partial charge < -0.3 is 25.7 Å².